The van der Waals surface area contributed by atoms with Crippen molar-refractivity contribution in [2.45, 2.75) is 0 Å². The van der Waals surface area contributed by atoms with Crippen LogP contribution in [0, 0.1) is 0 Å². The molecule has 0 bridgehead atoms. The predicted octanol–water partition coefficient (Wildman–Crippen LogP) is 3.43. The number of thiophene rings is 1. The molecule has 2 heterocycles. The maximum absolute atomic E-state index is 13.1. The number of amides is 3. The first-order valence-corrected chi connectivity index (χ1v) is 10.3. The summed E-state index contributed by atoms with van der Waals surface area (Å²) >= 11 is 1.55. The van der Waals surface area contributed by atoms with Crippen molar-refractivity contribution in [3.05, 3.63) is 83.2 Å². The highest BCUT2D eigenvalue weighted by molar-refractivity contribution is 7.13. The highest BCUT2D eigenvalue weighted by atomic mass is 32.1. The van der Waals surface area contributed by atoms with Crippen molar-refractivity contribution < 1.29 is 14.4 Å². The van der Waals surface area contributed by atoms with Gasteiger partial charge in [0.05, 0.1) is 28.2 Å². The lowest BCUT2D eigenvalue weighted by Crippen LogP contribution is -2.33. The third-order valence-corrected chi connectivity index (χ3v) is 5.43. The minimum Gasteiger partial charge on any atom is -0.368 e. The fourth-order valence-corrected chi connectivity index (χ4v) is 3.81. The van der Waals surface area contributed by atoms with Crippen LogP contribution in [-0.2, 0) is 4.79 Å². The Morgan fingerprint density at radius 1 is 0.935 bits per heavy atom. The first-order chi connectivity index (χ1) is 15.0. The first-order valence-electron chi connectivity index (χ1n) is 9.43. The number of hydrogen-bond acceptors (Lipinski definition) is 5. The largest absolute Gasteiger partial charge is 0.368 e. The molecule has 31 heavy (non-hydrogen) atoms. The van der Waals surface area contributed by atoms with Crippen LogP contribution < -0.4 is 16.4 Å². The number of rotatable bonds is 6. The molecule has 2 aromatic heterocycles. The minimum atomic E-state index is -0.635. The van der Waals surface area contributed by atoms with Gasteiger partial charge in [-0.05, 0) is 41.8 Å². The van der Waals surface area contributed by atoms with Crippen molar-refractivity contribution in [1.29, 1.82) is 0 Å². The number of hydrogen-bond donors (Lipinski definition) is 3. The molecule has 8 heteroatoms. The molecule has 0 saturated carbocycles. The maximum Gasteiger partial charge on any atom is 0.256 e. The Morgan fingerprint density at radius 3 is 2.55 bits per heavy atom. The summed E-state index contributed by atoms with van der Waals surface area (Å²) in [6.45, 7) is -0.260. The predicted molar refractivity (Wildman–Crippen MR) is 121 cm³/mol. The molecule has 0 saturated heterocycles. The Hall–Kier alpha value is -4.04. The summed E-state index contributed by atoms with van der Waals surface area (Å²) in [6.07, 6.45) is 0. The third-order valence-electron chi connectivity index (χ3n) is 4.54. The van der Waals surface area contributed by atoms with Crippen LogP contribution in [0.2, 0.25) is 0 Å². The summed E-state index contributed by atoms with van der Waals surface area (Å²) in [4.78, 5) is 41.8. The number of pyridine rings is 1. The molecule has 0 spiro atoms. The van der Waals surface area contributed by atoms with Crippen LogP contribution in [0.1, 0.15) is 20.7 Å². The normalized spacial score (nSPS) is 10.6. The molecule has 4 rings (SSSR count). The van der Waals surface area contributed by atoms with E-state index in [1.165, 1.54) is 6.07 Å². The smallest absolute Gasteiger partial charge is 0.256 e. The summed E-state index contributed by atoms with van der Waals surface area (Å²) in [5, 5.41) is 7.96. The molecule has 0 radical (unpaired) electrons. The highest BCUT2D eigenvalue weighted by Gasteiger charge is 2.15. The van der Waals surface area contributed by atoms with Crippen molar-refractivity contribution in [1.82, 2.24) is 10.3 Å². The molecule has 0 aliphatic rings. The van der Waals surface area contributed by atoms with Gasteiger partial charge in [-0.3, -0.25) is 14.4 Å². The van der Waals surface area contributed by atoms with Gasteiger partial charge in [0.1, 0.15) is 0 Å². The average Bonchev–Trinajstić information content (AvgIpc) is 3.32. The number of benzene rings is 2. The van der Waals surface area contributed by atoms with E-state index < -0.39 is 11.8 Å². The topological polar surface area (TPSA) is 114 Å². The molecule has 2 aromatic carbocycles. The van der Waals surface area contributed by atoms with Gasteiger partial charge < -0.3 is 16.4 Å². The van der Waals surface area contributed by atoms with E-state index in [1.807, 2.05) is 41.8 Å². The van der Waals surface area contributed by atoms with Crippen LogP contribution >= 0.6 is 11.3 Å². The van der Waals surface area contributed by atoms with Gasteiger partial charge >= 0.3 is 0 Å². The van der Waals surface area contributed by atoms with E-state index in [9.17, 15) is 14.4 Å². The van der Waals surface area contributed by atoms with Crippen LogP contribution in [0.3, 0.4) is 0 Å². The van der Waals surface area contributed by atoms with Crippen molar-refractivity contribution in [2.24, 2.45) is 5.73 Å². The second-order valence-electron chi connectivity index (χ2n) is 6.73. The van der Waals surface area contributed by atoms with Gasteiger partial charge in [-0.15, -0.1) is 11.3 Å². The SMILES string of the molecule is NC(=O)CNC(=O)c1cccc(NC(=O)c2cc(-c3cccs3)nc3ccccc23)c1. The van der Waals surface area contributed by atoms with Gasteiger partial charge in [0.15, 0.2) is 0 Å². The Bertz CT molecular complexity index is 1290. The second-order valence-corrected chi connectivity index (χ2v) is 7.68. The number of aromatic nitrogens is 1. The third kappa shape index (κ3) is 4.59. The molecule has 4 N–H and O–H groups in total. The Morgan fingerprint density at radius 2 is 1.77 bits per heavy atom. The van der Waals surface area contributed by atoms with Gasteiger partial charge in [-0.25, -0.2) is 4.98 Å². The molecule has 0 aliphatic heterocycles. The number of nitrogens with one attached hydrogen (secondary N) is 2. The van der Waals surface area contributed by atoms with Crippen LogP contribution in [0.15, 0.2) is 72.1 Å². The zero-order chi connectivity index (χ0) is 21.8. The number of anilines is 1. The molecule has 4 aromatic rings. The van der Waals surface area contributed by atoms with E-state index in [1.54, 1.807) is 35.6 Å². The molecule has 0 fully saturated rings. The number of primary amides is 1. The van der Waals surface area contributed by atoms with Crippen LogP contribution in [0.4, 0.5) is 5.69 Å². The summed E-state index contributed by atoms with van der Waals surface area (Å²) in [5.41, 5.74) is 7.74. The van der Waals surface area contributed by atoms with E-state index in [0.29, 0.717) is 16.8 Å². The Kier molecular flexibility index (Phi) is 5.72. The summed E-state index contributed by atoms with van der Waals surface area (Å²) < 4.78 is 0. The second kappa shape index (κ2) is 8.76. The van der Waals surface area contributed by atoms with Gasteiger partial charge in [0, 0.05) is 16.6 Å². The van der Waals surface area contributed by atoms with Crippen LogP contribution in [0.25, 0.3) is 21.5 Å². The van der Waals surface area contributed by atoms with E-state index in [2.05, 4.69) is 15.6 Å². The summed E-state index contributed by atoms with van der Waals surface area (Å²) in [7, 11) is 0. The number of nitrogens with two attached hydrogens (primary N) is 1. The highest BCUT2D eigenvalue weighted by Crippen LogP contribution is 2.28. The van der Waals surface area contributed by atoms with Crippen molar-refractivity contribution in [3.63, 3.8) is 0 Å². The number of carbonyl (C=O) groups excluding carboxylic acids is 3. The molecule has 154 valence electrons. The Balaban J connectivity index is 1.64. The van der Waals surface area contributed by atoms with Gasteiger partial charge in [-0.1, -0.05) is 30.3 Å². The van der Waals surface area contributed by atoms with Gasteiger partial charge in [0.2, 0.25) is 5.91 Å². The molecule has 3 amide bonds. The average molecular weight is 430 g/mol. The zero-order valence-corrected chi connectivity index (χ0v) is 17.1. The monoisotopic (exact) mass is 430 g/mol. The molecule has 0 aliphatic carbocycles. The van der Waals surface area contributed by atoms with Crippen molar-refractivity contribution in [2.75, 3.05) is 11.9 Å². The van der Waals surface area contributed by atoms with E-state index >= 15 is 0 Å². The molecular weight excluding hydrogens is 412 g/mol. The summed E-state index contributed by atoms with van der Waals surface area (Å²) in [5.74, 6) is -1.40. The minimum absolute atomic E-state index is 0.260. The van der Waals surface area contributed by atoms with Crippen molar-refractivity contribution in [3.8, 4) is 10.6 Å². The molecule has 0 unspecified atom stereocenters. The Labute approximate surface area is 181 Å². The number of carbonyl (C=O) groups is 3. The quantitative estimate of drug-likeness (QED) is 0.435. The summed E-state index contributed by atoms with van der Waals surface area (Å²) in [6, 6.07) is 19.6. The fraction of sp³-hybridized carbons (Fsp3) is 0.0435. The lowest BCUT2D eigenvalue weighted by molar-refractivity contribution is -0.117. The lowest BCUT2D eigenvalue weighted by atomic mass is 10.1. The standard InChI is InChI=1S/C23H18N4O3S/c24-21(28)13-25-22(29)14-5-3-6-15(11-14)26-23(30)17-12-19(20-9-4-10-31-20)27-18-8-2-1-7-16(17)18/h1-12H,13H2,(H2,24,28)(H,25,29)(H,26,30). The number of nitrogens with zero attached hydrogens (tertiary/aromatic N) is 1. The zero-order valence-electron chi connectivity index (χ0n) is 16.3. The van der Waals surface area contributed by atoms with Gasteiger partial charge in [0.25, 0.3) is 11.8 Å². The van der Waals surface area contributed by atoms with Crippen LogP contribution in [-0.4, -0.2) is 29.3 Å². The maximum atomic E-state index is 13.1. The first kappa shape index (κ1) is 20.2. The number of fused-ring (bicyclic) bond motifs is 1. The van der Waals surface area contributed by atoms with E-state index in [-0.39, 0.29) is 12.5 Å². The van der Waals surface area contributed by atoms with Crippen molar-refractivity contribution >= 4 is 45.6 Å². The fourth-order valence-electron chi connectivity index (χ4n) is 3.12. The molecular formula is C23H18N4O3S. The molecule has 7 nitrogen and oxygen atoms in total. The van der Waals surface area contributed by atoms with E-state index in [0.717, 1.165) is 21.5 Å². The van der Waals surface area contributed by atoms with Gasteiger partial charge in [-0.2, -0.15) is 0 Å². The number of para-hydroxylation sites is 1. The lowest BCUT2D eigenvalue weighted by Gasteiger charge is -2.11. The van der Waals surface area contributed by atoms with E-state index in [4.69, 9.17) is 5.73 Å². The molecule has 0 atom stereocenters. The van der Waals surface area contributed by atoms with Crippen LogP contribution in [0.5, 0.6) is 0 Å².